The van der Waals surface area contributed by atoms with Crippen molar-refractivity contribution in [1.82, 2.24) is 0 Å². The molecule has 0 aliphatic rings. The summed E-state index contributed by atoms with van der Waals surface area (Å²) in [6.45, 7) is 4.58. The molecule has 44 heavy (non-hydrogen) atoms. The number of carbonyl (C=O) groups is 1. The summed E-state index contributed by atoms with van der Waals surface area (Å²) in [5, 5.41) is 14.0. The van der Waals surface area contributed by atoms with Gasteiger partial charge in [0.15, 0.2) is 0 Å². The molecule has 0 saturated carbocycles. The number of anilines is 3. The van der Waals surface area contributed by atoms with Crippen LogP contribution in [0.5, 0.6) is 5.75 Å². The van der Waals surface area contributed by atoms with Crippen molar-refractivity contribution in [2.45, 2.75) is 30.6 Å². The number of hydrogen-bond donors (Lipinski definition) is 2. The second kappa shape index (κ2) is 12.7. The Morgan fingerprint density at radius 3 is 1.98 bits per heavy atom. The van der Waals surface area contributed by atoms with E-state index in [1.807, 2.05) is 13.8 Å². The SMILES string of the molecule is COc1ccc(N(CC(=O)Nc2ccc(S(=O)(=O)Nc3ccc(C)c(C)c3)cc2)S(=O)(=O)c2ccc(C)c([N+](=O)[O-])c2)cc1. The van der Waals surface area contributed by atoms with Crippen LogP contribution in [0.15, 0.2) is 94.7 Å². The lowest BCUT2D eigenvalue weighted by Gasteiger charge is -2.24. The predicted molar refractivity (Wildman–Crippen MR) is 167 cm³/mol. The molecule has 0 radical (unpaired) electrons. The van der Waals surface area contributed by atoms with Gasteiger partial charge in [-0.3, -0.25) is 23.9 Å². The Balaban J connectivity index is 1.57. The average molecular weight is 639 g/mol. The van der Waals surface area contributed by atoms with Crippen LogP contribution in [-0.2, 0) is 24.8 Å². The third-order valence-corrected chi connectivity index (χ3v) is 9.99. The second-order valence-corrected chi connectivity index (χ2v) is 13.4. The molecule has 4 aromatic rings. The van der Waals surface area contributed by atoms with Gasteiger partial charge >= 0.3 is 0 Å². The molecule has 1 amide bonds. The number of aryl methyl sites for hydroxylation is 3. The molecule has 0 saturated heterocycles. The molecule has 0 unspecified atom stereocenters. The largest absolute Gasteiger partial charge is 0.497 e. The fraction of sp³-hybridized carbons (Fsp3) is 0.167. The van der Waals surface area contributed by atoms with Crippen molar-refractivity contribution in [3.63, 3.8) is 0 Å². The molecule has 0 atom stereocenters. The van der Waals surface area contributed by atoms with Crippen molar-refractivity contribution in [1.29, 1.82) is 0 Å². The molecule has 12 nitrogen and oxygen atoms in total. The number of nitro groups is 1. The highest BCUT2D eigenvalue weighted by atomic mass is 32.2. The van der Waals surface area contributed by atoms with Crippen LogP contribution in [0.1, 0.15) is 16.7 Å². The second-order valence-electron chi connectivity index (χ2n) is 9.89. The van der Waals surface area contributed by atoms with Gasteiger partial charge in [0.25, 0.3) is 25.7 Å². The van der Waals surface area contributed by atoms with Crippen LogP contribution in [-0.4, -0.2) is 41.3 Å². The first kappa shape index (κ1) is 32.0. The first-order valence-electron chi connectivity index (χ1n) is 13.1. The average Bonchev–Trinajstić information content (AvgIpc) is 2.98. The zero-order valence-corrected chi connectivity index (χ0v) is 25.9. The minimum Gasteiger partial charge on any atom is -0.497 e. The lowest BCUT2D eigenvalue weighted by atomic mass is 10.1. The summed E-state index contributed by atoms with van der Waals surface area (Å²) < 4.78 is 61.7. The number of nitro benzene ring substituents is 1. The Hall–Kier alpha value is -4.95. The summed E-state index contributed by atoms with van der Waals surface area (Å²) in [5.74, 6) is -0.293. The maximum atomic E-state index is 13.7. The molecule has 14 heteroatoms. The maximum absolute atomic E-state index is 13.7. The fourth-order valence-corrected chi connectivity index (χ4v) is 6.70. The minimum atomic E-state index is -4.46. The number of benzene rings is 4. The Morgan fingerprint density at radius 2 is 1.39 bits per heavy atom. The number of sulfonamides is 2. The predicted octanol–water partition coefficient (Wildman–Crippen LogP) is 5.16. The molecule has 0 bridgehead atoms. The Kier molecular flexibility index (Phi) is 9.25. The van der Waals surface area contributed by atoms with Crippen LogP contribution >= 0.6 is 0 Å². The maximum Gasteiger partial charge on any atom is 0.273 e. The number of hydrogen-bond acceptors (Lipinski definition) is 8. The van der Waals surface area contributed by atoms with Gasteiger partial charge in [0, 0.05) is 23.0 Å². The number of methoxy groups -OCH3 is 1. The van der Waals surface area contributed by atoms with Gasteiger partial charge in [-0.05, 0) is 98.6 Å². The van der Waals surface area contributed by atoms with Crippen LogP contribution in [0.2, 0.25) is 0 Å². The highest BCUT2D eigenvalue weighted by Gasteiger charge is 2.29. The molecule has 0 spiro atoms. The summed E-state index contributed by atoms with van der Waals surface area (Å²) in [4.78, 5) is 23.5. The normalized spacial score (nSPS) is 11.5. The van der Waals surface area contributed by atoms with Gasteiger partial charge in [-0.2, -0.15) is 0 Å². The van der Waals surface area contributed by atoms with E-state index in [-0.39, 0.29) is 32.4 Å². The van der Waals surface area contributed by atoms with Crippen molar-refractivity contribution in [3.05, 3.63) is 112 Å². The molecule has 0 aliphatic carbocycles. The van der Waals surface area contributed by atoms with Gasteiger partial charge < -0.3 is 10.1 Å². The van der Waals surface area contributed by atoms with Crippen LogP contribution in [0.3, 0.4) is 0 Å². The Bertz CT molecular complexity index is 1930. The highest BCUT2D eigenvalue weighted by Crippen LogP contribution is 2.29. The molecule has 230 valence electrons. The zero-order chi connectivity index (χ0) is 32.2. The number of carbonyl (C=O) groups excluding carboxylic acids is 1. The molecule has 0 aromatic heterocycles. The third kappa shape index (κ3) is 7.15. The molecule has 4 rings (SSSR count). The van der Waals surface area contributed by atoms with E-state index in [1.54, 1.807) is 18.2 Å². The molecule has 0 aliphatic heterocycles. The van der Waals surface area contributed by atoms with Crippen molar-refractivity contribution in [2.75, 3.05) is 28.0 Å². The van der Waals surface area contributed by atoms with Crippen LogP contribution in [0.4, 0.5) is 22.7 Å². The lowest BCUT2D eigenvalue weighted by Crippen LogP contribution is -2.38. The Morgan fingerprint density at radius 1 is 0.795 bits per heavy atom. The van der Waals surface area contributed by atoms with E-state index in [0.717, 1.165) is 21.5 Å². The molecular weight excluding hydrogens is 608 g/mol. The number of rotatable bonds is 11. The van der Waals surface area contributed by atoms with Crippen molar-refractivity contribution in [3.8, 4) is 5.75 Å². The van der Waals surface area contributed by atoms with E-state index in [9.17, 15) is 31.7 Å². The van der Waals surface area contributed by atoms with Gasteiger partial charge in [0.05, 0.1) is 27.5 Å². The number of amides is 1. The summed E-state index contributed by atoms with van der Waals surface area (Å²) >= 11 is 0. The first-order valence-corrected chi connectivity index (χ1v) is 16.1. The van der Waals surface area contributed by atoms with Gasteiger partial charge in [0.2, 0.25) is 5.91 Å². The van der Waals surface area contributed by atoms with Gasteiger partial charge in [-0.15, -0.1) is 0 Å². The van der Waals surface area contributed by atoms with Crippen molar-refractivity contribution in [2.24, 2.45) is 0 Å². The fourth-order valence-electron chi connectivity index (χ4n) is 4.20. The van der Waals surface area contributed by atoms with E-state index in [0.29, 0.717) is 11.4 Å². The summed E-state index contributed by atoms with van der Waals surface area (Å²) in [6.07, 6.45) is 0. The smallest absolute Gasteiger partial charge is 0.273 e. The standard InChI is InChI=1S/C30H30N4O8S2/c1-20-5-7-24(17-22(20)3)32-43(38,39)27-15-8-23(9-16-27)31-30(35)19-33(25-10-12-26(42-4)13-11-25)44(40,41)28-14-6-21(2)29(18-28)34(36)37/h5-18,32H,19H2,1-4H3,(H,31,35). The van der Waals surface area contributed by atoms with E-state index in [2.05, 4.69) is 10.0 Å². The van der Waals surface area contributed by atoms with Gasteiger partial charge in [-0.1, -0.05) is 12.1 Å². The molecule has 2 N–H and O–H groups in total. The quantitative estimate of drug-likeness (QED) is 0.168. The van der Waals surface area contributed by atoms with E-state index in [4.69, 9.17) is 4.74 Å². The lowest BCUT2D eigenvalue weighted by molar-refractivity contribution is -0.385. The summed E-state index contributed by atoms with van der Waals surface area (Å²) in [7, 11) is -6.93. The first-order chi connectivity index (χ1) is 20.7. The number of nitrogens with zero attached hydrogens (tertiary/aromatic N) is 2. The van der Waals surface area contributed by atoms with Gasteiger partial charge in [0.1, 0.15) is 12.3 Å². The van der Waals surface area contributed by atoms with E-state index < -0.39 is 37.4 Å². The molecule has 4 aromatic carbocycles. The van der Waals surface area contributed by atoms with Gasteiger partial charge in [-0.25, -0.2) is 16.8 Å². The number of nitrogens with one attached hydrogen (secondary N) is 2. The van der Waals surface area contributed by atoms with Crippen molar-refractivity contribution >= 4 is 48.7 Å². The summed E-state index contributed by atoms with van der Waals surface area (Å²) in [5.41, 5.74) is 2.58. The monoisotopic (exact) mass is 638 g/mol. The molecule has 0 fully saturated rings. The minimum absolute atomic E-state index is 0.0443. The van der Waals surface area contributed by atoms with E-state index >= 15 is 0 Å². The number of ether oxygens (including phenoxy) is 1. The van der Waals surface area contributed by atoms with E-state index in [1.165, 1.54) is 74.7 Å². The Labute approximate surface area is 255 Å². The third-order valence-electron chi connectivity index (χ3n) is 6.82. The highest BCUT2D eigenvalue weighted by molar-refractivity contribution is 7.93. The topological polar surface area (TPSA) is 165 Å². The van der Waals surface area contributed by atoms with Crippen LogP contribution in [0, 0.1) is 30.9 Å². The van der Waals surface area contributed by atoms with Crippen molar-refractivity contribution < 1.29 is 31.3 Å². The molecular formula is C30H30N4O8S2. The molecule has 0 heterocycles. The van der Waals surface area contributed by atoms with Crippen LogP contribution in [0.25, 0.3) is 0 Å². The summed E-state index contributed by atoms with van der Waals surface area (Å²) in [6, 6.07) is 20.0. The zero-order valence-electron chi connectivity index (χ0n) is 24.3. The van der Waals surface area contributed by atoms with Crippen LogP contribution < -0.4 is 19.1 Å².